The number of aliphatic hydroxyl groups is 1. The first-order chi connectivity index (χ1) is 11.6. The Labute approximate surface area is 142 Å². The molecule has 24 heavy (non-hydrogen) atoms. The maximum atomic E-state index is 9.04. The second kappa shape index (κ2) is 7.37. The molecule has 1 N–H and O–H groups in total. The lowest BCUT2D eigenvalue weighted by molar-refractivity contribution is 0.242. The zero-order valence-electron chi connectivity index (χ0n) is 14.0. The molecule has 3 aromatic carbocycles. The van der Waals surface area contributed by atoms with Gasteiger partial charge in [-0.05, 0) is 73.0 Å². The average molecular weight is 322 g/mol. The number of fused-ring (bicyclic) bond motifs is 1. The summed E-state index contributed by atoms with van der Waals surface area (Å²) in [6.07, 6.45) is 0.840. The van der Waals surface area contributed by atoms with Gasteiger partial charge in [-0.2, -0.15) is 0 Å². The fourth-order valence-corrected chi connectivity index (χ4v) is 2.62. The molecule has 3 heteroatoms. The van der Waals surface area contributed by atoms with Crippen LogP contribution in [0, 0.1) is 0 Å². The molecule has 0 aromatic heterocycles. The summed E-state index contributed by atoms with van der Waals surface area (Å²) in [5.74, 6) is 2.42. The summed E-state index contributed by atoms with van der Waals surface area (Å²) in [5, 5.41) is 11.3. The summed E-state index contributed by atoms with van der Waals surface area (Å²) in [6.45, 7) is 4.18. The minimum absolute atomic E-state index is 0.160. The minimum Gasteiger partial charge on any atom is -0.491 e. The van der Waals surface area contributed by atoms with Crippen molar-refractivity contribution in [1.82, 2.24) is 0 Å². The van der Waals surface area contributed by atoms with Gasteiger partial charge in [-0.3, -0.25) is 0 Å². The Hall–Kier alpha value is -2.52. The number of rotatable bonds is 6. The van der Waals surface area contributed by atoms with E-state index in [0.717, 1.165) is 33.6 Å². The van der Waals surface area contributed by atoms with Crippen LogP contribution in [0.4, 0.5) is 0 Å². The quantitative estimate of drug-likeness (QED) is 0.697. The lowest BCUT2D eigenvalue weighted by Gasteiger charge is -2.11. The Balaban J connectivity index is 1.76. The predicted octanol–water partition coefficient (Wildman–Crippen LogP) is 4.95. The lowest BCUT2D eigenvalue weighted by Crippen LogP contribution is -2.05. The largest absolute Gasteiger partial charge is 0.491 e. The number of aliphatic hydroxyl groups excluding tert-OH is 1. The molecular weight excluding hydrogens is 300 g/mol. The molecule has 3 rings (SSSR count). The second-order valence-corrected chi connectivity index (χ2v) is 6.06. The molecule has 3 nitrogen and oxygen atoms in total. The molecule has 0 aliphatic rings. The van der Waals surface area contributed by atoms with Gasteiger partial charge in [0.2, 0.25) is 0 Å². The van der Waals surface area contributed by atoms with Gasteiger partial charge in [-0.15, -0.1) is 0 Å². The molecule has 0 aliphatic heterocycles. The van der Waals surface area contributed by atoms with E-state index in [2.05, 4.69) is 12.1 Å². The van der Waals surface area contributed by atoms with Crippen LogP contribution in [0.25, 0.3) is 10.8 Å². The van der Waals surface area contributed by atoms with Crippen molar-refractivity contribution in [1.29, 1.82) is 0 Å². The van der Waals surface area contributed by atoms with Gasteiger partial charge in [-0.1, -0.05) is 24.3 Å². The van der Waals surface area contributed by atoms with Gasteiger partial charge in [0.25, 0.3) is 0 Å². The molecule has 0 fully saturated rings. The van der Waals surface area contributed by atoms with Crippen molar-refractivity contribution in [2.45, 2.75) is 26.4 Å². The van der Waals surface area contributed by atoms with E-state index in [1.165, 1.54) is 0 Å². The molecule has 0 heterocycles. The van der Waals surface area contributed by atoms with E-state index < -0.39 is 0 Å². The van der Waals surface area contributed by atoms with Crippen LogP contribution in [0.15, 0.2) is 60.7 Å². The van der Waals surface area contributed by atoms with Crippen LogP contribution in [0.2, 0.25) is 0 Å². The Morgan fingerprint density at radius 2 is 1.42 bits per heavy atom. The fraction of sp³-hybridized carbons (Fsp3) is 0.238. The van der Waals surface area contributed by atoms with Crippen molar-refractivity contribution in [3.8, 4) is 17.2 Å². The molecule has 0 atom stereocenters. The molecule has 3 aromatic rings. The molecule has 0 radical (unpaired) electrons. The smallest absolute Gasteiger partial charge is 0.128 e. The van der Waals surface area contributed by atoms with Crippen molar-refractivity contribution in [3.63, 3.8) is 0 Å². The summed E-state index contributed by atoms with van der Waals surface area (Å²) in [5.41, 5.74) is 1.14. The van der Waals surface area contributed by atoms with Crippen LogP contribution < -0.4 is 9.47 Å². The monoisotopic (exact) mass is 322 g/mol. The number of ether oxygens (including phenoxy) is 2. The highest BCUT2D eigenvalue weighted by Gasteiger charge is 2.03. The normalized spacial score (nSPS) is 11.0. The summed E-state index contributed by atoms with van der Waals surface area (Å²) in [4.78, 5) is 0. The zero-order chi connectivity index (χ0) is 16.9. The molecule has 0 amide bonds. The van der Waals surface area contributed by atoms with Crippen LogP contribution in [0.1, 0.15) is 19.4 Å². The Morgan fingerprint density at radius 3 is 2.12 bits per heavy atom. The molecule has 0 unspecified atom stereocenters. The van der Waals surface area contributed by atoms with Gasteiger partial charge in [0.15, 0.2) is 0 Å². The Kier molecular flexibility index (Phi) is 5.02. The molecule has 0 aliphatic carbocycles. The third-order valence-electron chi connectivity index (χ3n) is 3.71. The molecular formula is C21H22O3. The summed E-state index contributed by atoms with van der Waals surface area (Å²) >= 11 is 0. The number of benzene rings is 3. The third kappa shape index (κ3) is 4.06. The van der Waals surface area contributed by atoms with Gasteiger partial charge in [0, 0.05) is 6.61 Å². The number of hydrogen-bond donors (Lipinski definition) is 1. The van der Waals surface area contributed by atoms with E-state index in [1.54, 1.807) is 0 Å². The van der Waals surface area contributed by atoms with Crippen LogP contribution >= 0.6 is 0 Å². The second-order valence-electron chi connectivity index (χ2n) is 6.06. The van der Waals surface area contributed by atoms with E-state index in [0.29, 0.717) is 6.42 Å². The van der Waals surface area contributed by atoms with E-state index in [-0.39, 0.29) is 12.7 Å². The maximum Gasteiger partial charge on any atom is 0.128 e. The highest BCUT2D eigenvalue weighted by atomic mass is 16.5. The van der Waals surface area contributed by atoms with Crippen molar-refractivity contribution in [2.24, 2.45) is 0 Å². The summed E-state index contributed by atoms with van der Waals surface area (Å²) in [7, 11) is 0. The van der Waals surface area contributed by atoms with Crippen molar-refractivity contribution < 1.29 is 14.6 Å². The maximum absolute atomic E-state index is 9.04. The van der Waals surface area contributed by atoms with E-state index in [1.807, 2.05) is 62.4 Å². The summed E-state index contributed by atoms with van der Waals surface area (Å²) in [6, 6.07) is 19.9. The topological polar surface area (TPSA) is 38.7 Å². The molecule has 0 spiro atoms. The van der Waals surface area contributed by atoms with E-state index in [9.17, 15) is 0 Å². The van der Waals surface area contributed by atoms with Gasteiger partial charge in [0.05, 0.1) is 6.10 Å². The van der Waals surface area contributed by atoms with Crippen LogP contribution in [0.3, 0.4) is 0 Å². The van der Waals surface area contributed by atoms with Crippen molar-refractivity contribution in [3.05, 3.63) is 66.2 Å². The van der Waals surface area contributed by atoms with Gasteiger partial charge in [-0.25, -0.2) is 0 Å². The zero-order valence-corrected chi connectivity index (χ0v) is 14.0. The fourth-order valence-electron chi connectivity index (χ4n) is 2.62. The Bertz CT molecular complexity index is 807. The molecule has 0 bridgehead atoms. The van der Waals surface area contributed by atoms with Crippen LogP contribution in [-0.2, 0) is 6.42 Å². The number of hydrogen-bond acceptors (Lipinski definition) is 3. The van der Waals surface area contributed by atoms with Gasteiger partial charge < -0.3 is 14.6 Å². The third-order valence-corrected chi connectivity index (χ3v) is 3.71. The van der Waals surface area contributed by atoms with Gasteiger partial charge >= 0.3 is 0 Å². The molecule has 124 valence electrons. The lowest BCUT2D eigenvalue weighted by atomic mass is 10.1. The summed E-state index contributed by atoms with van der Waals surface area (Å²) < 4.78 is 11.6. The average Bonchev–Trinajstić information content (AvgIpc) is 2.57. The predicted molar refractivity (Wildman–Crippen MR) is 97.0 cm³/mol. The minimum atomic E-state index is 0.160. The van der Waals surface area contributed by atoms with E-state index in [4.69, 9.17) is 14.6 Å². The highest BCUT2D eigenvalue weighted by molar-refractivity contribution is 5.84. The standard InChI is InChI=1S/C21H22O3/c1-15(2)23-19-7-9-20(10-8-19)24-21-6-5-17-13-16(11-12-22)3-4-18(17)14-21/h3-10,13-15,22H,11-12H2,1-2H3. The van der Waals surface area contributed by atoms with Gasteiger partial charge in [0.1, 0.15) is 17.2 Å². The first-order valence-electron chi connectivity index (χ1n) is 8.22. The SMILES string of the molecule is CC(C)Oc1ccc(Oc2ccc3cc(CCO)ccc3c2)cc1. The first kappa shape index (κ1) is 16.3. The van der Waals surface area contributed by atoms with Crippen LogP contribution in [0.5, 0.6) is 17.2 Å². The highest BCUT2D eigenvalue weighted by Crippen LogP contribution is 2.27. The van der Waals surface area contributed by atoms with Crippen molar-refractivity contribution >= 4 is 10.8 Å². The van der Waals surface area contributed by atoms with Crippen LogP contribution in [-0.4, -0.2) is 17.8 Å². The van der Waals surface area contributed by atoms with Crippen molar-refractivity contribution in [2.75, 3.05) is 6.61 Å². The Morgan fingerprint density at radius 1 is 0.792 bits per heavy atom. The first-order valence-corrected chi connectivity index (χ1v) is 8.22. The molecule has 0 saturated carbocycles. The van der Waals surface area contributed by atoms with E-state index >= 15 is 0 Å². The molecule has 0 saturated heterocycles.